The molecular weight excluding hydrogens is 164 g/mol. The Labute approximate surface area is 80.5 Å². The molecule has 2 atom stereocenters. The SMILES string of the molecule is CCC(C)CN[C@H]1CCN(C)C1=O. The maximum absolute atomic E-state index is 11.5. The van der Waals surface area contributed by atoms with Gasteiger partial charge in [0.2, 0.25) is 5.91 Å². The molecule has 1 fully saturated rings. The first kappa shape index (κ1) is 10.5. The first-order valence-electron chi connectivity index (χ1n) is 5.13. The molecule has 1 aliphatic heterocycles. The molecule has 1 amide bonds. The fourth-order valence-corrected chi connectivity index (χ4v) is 1.50. The Morgan fingerprint density at radius 3 is 2.85 bits per heavy atom. The van der Waals surface area contributed by atoms with Crippen molar-refractivity contribution < 1.29 is 4.79 Å². The molecule has 0 aliphatic carbocycles. The average molecular weight is 184 g/mol. The third-order valence-electron chi connectivity index (χ3n) is 2.84. The van der Waals surface area contributed by atoms with Crippen LogP contribution in [0.15, 0.2) is 0 Å². The smallest absolute Gasteiger partial charge is 0.239 e. The second-order valence-corrected chi connectivity index (χ2v) is 4.02. The number of nitrogens with one attached hydrogen (secondary N) is 1. The summed E-state index contributed by atoms with van der Waals surface area (Å²) in [5.74, 6) is 0.919. The highest BCUT2D eigenvalue weighted by atomic mass is 16.2. The van der Waals surface area contributed by atoms with Crippen molar-refractivity contribution in [3.05, 3.63) is 0 Å². The number of nitrogens with zero attached hydrogens (tertiary/aromatic N) is 1. The lowest BCUT2D eigenvalue weighted by Crippen LogP contribution is -2.38. The predicted molar refractivity (Wildman–Crippen MR) is 53.5 cm³/mol. The molecule has 1 unspecified atom stereocenters. The van der Waals surface area contributed by atoms with Gasteiger partial charge in [-0.05, 0) is 18.9 Å². The van der Waals surface area contributed by atoms with Crippen molar-refractivity contribution in [3.63, 3.8) is 0 Å². The minimum atomic E-state index is 0.0824. The molecule has 3 heteroatoms. The van der Waals surface area contributed by atoms with Crippen molar-refractivity contribution in [1.82, 2.24) is 10.2 Å². The number of carbonyl (C=O) groups excluding carboxylic acids is 1. The fourth-order valence-electron chi connectivity index (χ4n) is 1.50. The van der Waals surface area contributed by atoms with Crippen LogP contribution in [-0.4, -0.2) is 37.0 Å². The number of carbonyl (C=O) groups is 1. The van der Waals surface area contributed by atoms with Gasteiger partial charge in [-0.15, -0.1) is 0 Å². The summed E-state index contributed by atoms with van der Waals surface area (Å²) in [4.78, 5) is 13.3. The summed E-state index contributed by atoms with van der Waals surface area (Å²) < 4.78 is 0. The van der Waals surface area contributed by atoms with Crippen LogP contribution >= 0.6 is 0 Å². The molecule has 1 saturated heterocycles. The van der Waals surface area contributed by atoms with E-state index >= 15 is 0 Å². The molecule has 1 N–H and O–H groups in total. The van der Waals surface area contributed by atoms with Crippen molar-refractivity contribution in [2.75, 3.05) is 20.1 Å². The van der Waals surface area contributed by atoms with Crippen LogP contribution in [0.3, 0.4) is 0 Å². The van der Waals surface area contributed by atoms with E-state index in [1.165, 1.54) is 6.42 Å². The van der Waals surface area contributed by atoms with E-state index in [1.54, 1.807) is 4.90 Å². The highest BCUT2D eigenvalue weighted by Gasteiger charge is 2.28. The molecule has 3 nitrogen and oxygen atoms in total. The second-order valence-electron chi connectivity index (χ2n) is 4.02. The molecule has 13 heavy (non-hydrogen) atoms. The van der Waals surface area contributed by atoms with Crippen LogP contribution in [0.4, 0.5) is 0 Å². The lowest BCUT2D eigenvalue weighted by atomic mass is 10.1. The van der Waals surface area contributed by atoms with Gasteiger partial charge in [-0.25, -0.2) is 0 Å². The first-order valence-corrected chi connectivity index (χ1v) is 5.13. The van der Waals surface area contributed by atoms with Crippen LogP contribution < -0.4 is 5.32 Å². The topological polar surface area (TPSA) is 32.3 Å². The Hall–Kier alpha value is -0.570. The van der Waals surface area contributed by atoms with Gasteiger partial charge < -0.3 is 10.2 Å². The summed E-state index contributed by atoms with van der Waals surface area (Å²) in [7, 11) is 1.87. The highest BCUT2D eigenvalue weighted by molar-refractivity contribution is 5.83. The van der Waals surface area contributed by atoms with Gasteiger partial charge in [0.1, 0.15) is 0 Å². The Kier molecular flexibility index (Phi) is 3.72. The van der Waals surface area contributed by atoms with Gasteiger partial charge in [0.25, 0.3) is 0 Å². The molecule has 0 aromatic heterocycles. The molecule has 1 rings (SSSR count). The van der Waals surface area contributed by atoms with E-state index in [0.29, 0.717) is 5.92 Å². The van der Waals surface area contributed by atoms with Crippen molar-refractivity contribution in [3.8, 4) is 0 Å². The largest absolute Gasteiger partial charge is 0.344 e. The molecule has 0 bridgehead atoms. The molecular formula is C10H20N2O. The molecule has 1 aliphatic rings. The van der Waals surface area contributed by atoms with Crippen molar-refractivity contribution in [1.29, 1.82) is 0 Å². The monoisotopic (exact) mass is 184 g/mol. The predicted octanol–water partition coefficient (Wildman–Crippen LogP) is 0.853. The second kappa shape index (κ2) is 4.61. The van der Waals surface area contributed by atoms with Gasteiger partial charge in [-0.2, -0.15) is 0 Å². The summed E-state index contributed by atoms with van der Waals surface area (Å²) >= 11 is 0. The number of amides is 1. The zero-order chi connectivity index (χ0) is 9.84. The normalized spacial score (nSPS) is 25.3. The standard InChI is InChI=1S/C10H20N2O/c1-4-8(2)7-11-9-5-6-12(3)10(9)13/h8-9,11H,4-7H2,1-3H3/t8?,9-/m0/s1. The molecule has 0 aromatic rings. The van der Waals surface area contributed by atoms with Crippen LogP contribution in [0.2, 0.25) is 0 Å². The minimum absolute atomic E-state index is 0.0824. The Bertz CT molecular complexity index is 182. The summed E-state index contributed by atoms with van der Waals surface area (Å²) in [6, 6.07) is 0.0824. The van der Waals surface area contributed by atoms with Crippen molar-refractivity contribution in [2.24, 2.45) is 5.92 Å². The van der Waals surface area contributed by atoms with Crippen molar-refractivity contribution >= 4 is 5.91 Å². The zero-order valence-corrected chi connectivity index (χ0v) is 8.84. The number of likely N-dealkylation sites (N-methyl/N-ethyl adjacent to an activating group) is 1. The molecule has 0 spiro atoms. The maximum Gasteiger partial charge on any atom is 0.239 e. The van der Waals surface area contributed by atoms with Crippen LogP contribution in [0.5, 0.6) is 0 Å². The summed E-state index contributed by atoms with van der Waals surface area (Å²) in [6.07, 6.45) is 2.13. The van der Waals surface area contributed by atoms with Gasteiger partial charge in [-0.3, -0.25) is 4.79 Å². The van der Waals surface area contributed by atoms with Crippen LogP contribution in [-0.2, 0) is 4.79 Å². The van der Waals surface area contributed by atoms with Crippen molar-refractivity contribution in [2.45, 2.75) is 32.7 Å². The van der Waals surface area contributed by atoms with E-state index in [4.69, 9.17) is 0 Å². The number of hydrogen-bond donors (Lipinski definition) is 1. The molecule has 0 saturated carbocycles. The van der Waals surface area contributed by atoms with Gasteiger partial charge in [0.05, 0.1) is 6.04 Å². The van der Waals surface area contributed by atoms with Gasteiger partial charge in [0, 0.05) is 13.6 Å². The third-order valence-corrected chi connectivity index (χ3v) is 2.84. The lowest BCUT2D eigenvalue weighted by molar-refractivity contribution is -0.128. The average Bonchev–Trinajstić information content (AvgIpc) is 2.44. The summed E-state index contributed by atoms with van der Waals surface area (Å²) in [5, 5.41) is 3.32. The van der Waals surface area contributed by atoms with Crippen LogP contribution in [0.1, 0.15) is 26.7 Å². The number of likely N-dealkylation sites (tertiary alicyclic amines) is 1. The Morgan fingerprint density at radius 1 is 1.69 bits per heavy atom. The first-order chi connectivity index (χ1) is 6.15. The van der Waals surface area contributed by atoms with E-state index in [-0.39, 0.29) is 11.9 Å². The van der Waals surface area contributed by atoms with E-state index in [0.717, 1.165) is 19.5 Å². The summed E-state index contributed by atoms with van der Waals surface area (Å²) in [5.41, 5.74) is 0. The quantitative estimate of drug-likeness (QED) is 0.702. The maximum atomic E-state index is 11.5. The van der Waals surface area contributed by atoms with Crippen LogP contribution in [0, 0.1) is 5.92 Å². The Morgan fingerprint density at radius 2 is 2.38 bits per heavy atom. The third kappa shape index (κ3) is 2.69. The summed E-state index contributed by atoms with van der Waals surface area (Å²) in [6.45, 7) is 6.24. The van der Waals surface area contributed by atoms with Crippen LogP contribution in [0.25, 0.3) is 0 Å². The number of hydrogen-bond acceptors (Lipinski definition) is 2. The van der Waals surface area contributed by atoms with E-state index in [1.807, 2.05) is 7.05 Å². The Balaban J connectivity index is 2.26. The van der Waals surface area contributed by atoms with Gasteiger partial charge >= 0.3 is 0 Å². The van der Waals surface area contributed by atoms with E-state index in [2.05, 4.69) is 19.2 Å². The molecule has 1 heterocycles. The zero-order valence-electron chi connectivity index (χ0n) is 8.84. The van der Waals surface area contributed by atoms with Gasteiger partial charge in [-0.1, -0.05) is 20.3 Å². The molecule has 0 aromatic carbocycles. The lowest BCUT2D eigenvalue weighted by Gasteiger charge is -2.14. The molecule has 0 radical (unpaired) electrons. The fraction of sp³-hybridized carbons (Fsp3) is 0.900. The van der Waals surface area contributed by atoms with Gasteiger partial charge in [0.15, 0.2) is 0 Å². The van der Waals surface area contributed by atoms with E-state index in [9.17, 15) is 4.79 Å². The highest BCUT2D eigenvalue weighted by Crippen LogP contribution is 2.09. The minimum Gasteiger partial charge on any atom is -0.344 e. The number of rotatable bonds is 4. The van der Waals surface area contributed by atoms with E-state index < -0.39 is 0 Å². The molecule has 76 valence electrons.